The Balaban J connectivity index is 1.41. The van der Waals surface area contributed by atoms with Crippen LogP contribution >= 0.6 is 11.8 Å². The molecule has 1 aromatic carbocycles. The van der Waals surface area contributed by atoms with Gasteiger partial charge in [0.15, 0.2) is 0 Å². The molecular formula is C21H26N4O3S. The lowest BCUT2D eigenvalue weighted by Crippen LogP contribution is -2.34. The number of nitrogens with zero attached hydrogens (tertiary/aromatic N) is 2. The van der Waals surface area contributed by atoms with Gasteiger partial charge in [-0.3, -0.25) is 9.59 Å². The van der Waals surface area contributed by atoms with Crippen molar-refractivity contribution in [2.24, 2.45) is 0 Å². The van der Waals surface area contributed by atoms with Gasteiger partial charge in [0.1, 0.15) is 12.4 Å². The summed E-state index contributed by atoms with van der Waals surface area (Å²) in [6.45, 7) is 3.38. The molecule has 0 saturated carbocycles. The number of amides is 2. The maximum absolute atomic E-state index is 12.7. The molecule has 1 saturated heterocycles. The first-order valence-electron chi connectivity index (χ1n) is 9.98. The largest absolute Gasteiger partial charge is 0.376 e. The molecule has 2 aliphatic heterocycles. The van der Waals surface area contributed by atoms with Gasteiger partial charge in [0, 0.05) is 30.2 Å². The molecule has 7 nitrogen and oxygen atoms in total. The maximum Gasteiger partial charge on any atom is 0.241 e. The van der Waals surface area contributed by atoms with Crippen LogP contribution in [0.4, 0.5) is 5.82 Å². The van der Waals surface area contributed by atoms with Crippen LogP contribution in [0.5, 0.6) is 0 Å². The molecule has 4 rings (SSSR count). The molecule has 0 aliphatic carbocycles. The van der Waals surface area contributed by atoms with E-state index < -0.39 is 0 Å². The van der Waals surface area contributed by atoms with Gasteiger partial charge in [0.2, 0.25) is 11.8 Å². The van der Waals surface area contributed by atoms with Crippen molar-refractivity contribution in [1.82, 2.24) is 15.1 Å². The predicted octanol–water partition coefficient (Wildman–Crippen LogP) is 2.41. The molecule has 0 radical (unpaired) electrons. The van der Waals surface area contributed by atoms with E-state index in [9.17, 15) is 9.59 Å². The van der Waals surface area contributed by atoms with Crippen molar-refractivity contribution in [3.63, 3.8) is 0 Å². The van der Waals surface area contributed by atoms with Crippen molar-refractivity contribution >= 4 is 29.4 Å². The topological polar surface area (TPSA) is 85.2 Å². The van der Waals surface area contributed by atoms with Crippen LogP contribution in [0.15, 0.2) is 24.3 Å². The fraction of sp³-hybridized carbons (Fsp3) is 0.476. The monoisotopic (exact) mass is 414 g/mol. The zero-order valence-electron chi connectivity index (χ0n) is 16.6. The minimum atomic E-state index is -0.122. The van der Waals surface area contributed by atoms with E-state index in [0.717, 1.165) is 53.3 Å². The number of carbonyl (C=O) groups is 2. The Morgan fingerprint density at radius 2 is 2.21 bits per heavy atom. The molecule has 2 aliphatic rings. The quantitative estimate of drug-likeness (QED) is 0.727. The van der Waals surface area contributed by atoms with E-state index >= 15 is 0 Å². The van der Waals surface area contributed by atoms with E-state index in [1.54, 1.807) is 16.4 Å². The summed E-state index contributed by atoms with van der Waals surface area (Å²) < 4.78 is 7.18. The molecule has 2 amide bonds. The van der Waals surface area contributed by atoms with Crippen LogP contribution in [0.3, 0.4) is 0 Å². The Morgan fingerprint density at radius 3 is 3.00 bits per heavy atom. The van der Waals surface area contributed by atoms with E-state index in [4.69, 9.17) is 4.74 Å². The lowest BCUT2D eigenvalue weighted by Gasteiger charge is -2.13. The molecule has 1 atom stereocenters. The van der Waals surface area contributed by atoms with Crippen molar-refractivity contribution in [2.45, 2.75) is 50.3 Å². The van der Waals surface area contributed by atoms with Crippen molar-refractivity contribution in [1.29, 1.82) is 0 Å². The lowest BCUT2D eigenvalue weighted by atomic mass is 10.1. The van der Waals surface area contributed by atoms with Gasteiger partial charge < -0.3 is 15.4 Å². The molecule has 8 heteroatoms. The van der Waals surface area contributed by atoms with Crippen LogP contribution in [0.1, 0.15) is 35.2 Å². The van der Waals surface area contributed by atoms with Gasteiger partial charge in [0.25, 0.3) is 0 Å². The number of ether oxygens (including phenoxy) is 1. The van der Waals surface area contributed by atoms with Gasteiger partial charge in [-0.15, -0.1) is 0 Å². The number of hydrogen-bond donors (Lipinski definition) is 2. The number of nitrogens with one attached hydrogen (secondary N) is 2. The number of hydrogen-bond acceptors (Lipinski definition) is 5. The Hall–Kier alpha value is -2.32. The number of fused-ring (bicyclic) bond motifs is 1. The van der Waals surface area contributed by atoms with Crippen LogP contribution in [-0.4, -0.2) is 40.9 Å². The SMILES string of the molecule is Cc1cccc(CC(=O)Nc2c3c(nn2CC(=O)NCC2CCCO2)CSC3)c1. The van der Waals surface area contributed by atoms with E-state index in [1.807, 2.05) is 31.2 Å². The Bertz CT molecular complexity index is 905. The summed E-state index contributed by atoms with van der Waals surface area (Å²) >= 11 is 1.77. The molecule has 2 aromatic rings. The van der Waals surface area contributed by atoms with Crippen molar-refractivity contribution in [2.75, 3.05) is 18.5 Å². The molecule has 1 fully saturated rings. The summed E-state index contributed by atoms with van der Waals surface area (Å²) in [5.74, 6) is 2.03. The Morgan fingerprint density at radius 1 is 1.31 bits per heavy atom. The van der Waals surface area contributed by atoms with Crippen LogP contribution in [0, 0.1) is 6.92 Å². The number of thioether (sulfide) groups is 1. The van der Waals surface area contributed by atoms with Gasteiger partial charge in [-0.1, -0.05) is 29.8 Å². The molecule has 3 heterocycles. The second-order valence-electron chi connectivity index (χ2n) is 7.58. The molecule has 1 aromatic heterocycles. The number of carbonyl (C=O) groups excluding carboxylic acids is 2. The minimum absolute atomic E-state index is 0.0877. The van der Waals surface area contributed by atoms with Gasteiger partial charge >= 0.3 is 0 Å². The van der Waals surface area contributed by atoms with Crippen molar-refractivity contribution in [3.05, 3.63) is 46.6 Å². The predicted molar refractivity (Wildman–Crippen MR) is 113 cm³/mol. The molecule has 29 heavy (non-hydrogen) atoms. The van der Waals surface area contributed by atoms with Crippen LogP contribution < -0.4 is 10.6 Å². The summed E-state index contributed by atoms with van der Waals surface area (Å²) in [6.07, 6.45) is 2.42. The molecular weight excluding hydrogens is 388 g/mol. The summed E-state index contributed by atoms with van der Waals surface area (Å²) in [5, 5.41) is 10.5. The van der Waals surface area contributed by atoms with Gasteiger partial charge in [0.05, 0.1) is 18.2 Å². The normalized spacial score (nSPS) is 17.9. The summed E-state index contributed by atoms with van der Waals surface area (Å²) in [5.41, 5.74) is 4.07. The standard InChI is InChI=1S/C21H26N4O3S/c1-14-4-2-5-15(8-14)9-19(26)23-21-17-12-29-13-18(17)24-25(21)11-20(27)22-10-16-6-3-7-28-16/h2,4-5,8,16H,3,6-7,9-13H2,1H3,(H,22,27)(H,23,26). The van der Waals surface area contributed by atoms with Gasteiger partial charge in [-0.2, -0.15) is 16.9 Å². The highest BCUT2D eigenvalue weighted by Gasteiger charge is 2.25. The molecule has 0 spiro atoms. The third-order valence-corrected chi connectivity index (χ3v) is 6.14. The highest BCUT2D eigenvalue weighted by Crippen LogP contribution is 2.34. The van der Waals surface area contributed by atoms with E-state index in [-0.39, 0.29) is 24.5 Å². The van der Waals surface area contributed by atoms with Crippen molar-refractivity contribution in [3.8, 4) is 0 Å². The van der Waals surface area contributed by atoms with Crippen LogP contribution in [-0.2, 0) is 38.8 Å². The van der Waals surface area contributed by atoms with Crippen LogP contribution in [0.25, 0.3) is 0 Å². The van der Waals surface area contributed by atoms with E-state index in [2.05, 4.69) is 15.7 Å². The summed E-state index contributed by atoms with van der Waals surface area (Å²) in [7, 11) is 0. The fourth-order valence-corrected chi connectivity index (χ4v) is 4.76. The first kappa shape index (κ1) is 20.0. The molecule has 0 bridgehead atoms. The summed E-state index contributed by atoms with van der Waals surface area (Å²) in [4.78, 5) is 25.1. The average Bonchev–Trinajstić information content (AvgIpc) is 3.40. The second kappa shape index (κ2) is 9.00. The third-order valence-electron chi connectivity index (χ3n) is 5.17. The second-order valence-corrected chi connectivity index (χ2v) is 8.56. The summed E-state index contributed by atoms with van der Waals surface area (Å²) in [6, 6.07) is 7.92. The number of aromatic nitrogens is 2. The molecule has 2 N–H and O–H groups in total. The highest BCUT2D eigenvalue weighted by atomic mass is 32.2. The Labute approximate surface area is 174 Å². The van der Waals surface area contributed by atoms with Gasteiger partial charge in [-0.05, 0) is 25.3 Å². The first-order valence-corrected chi connectivity index (χ1v) is 11.1. The van der Waals surface area contributed by atoms with Crippen LogP contribution in [0.2, 0.25) is 0 Å². The number of rotatable bonds is 7. The highest BCUT2D eigenvalue weighted by molar-refractivity contribution is 7.98. The van der Waals surface area contributed by atoms with Gasteiger partial charge in [-0.25, -0.2) is 4.68 Å². The third kappa shape index (κ3) is 5.00. The minimum Gasteiger partial charge on any atom is -0.376 e. The number of benzene rings is 1. The first-order chi connectivity index (χ1) is 14.1. The number of aryl methyl sites for hydroxylation is 1. The number of anilines is 1. The Kier molecular flexibility index (Phi) is 6.20. The lowest BCUT2D eigenvalue weighted by molar-refractivity contribution is -0.122. The van der Waals surface area contributed by atoms with E-state index in [0.29, 0.717) is 18.8 Å². The maximum atomic E-state index is 12.7. The average molecular weight is 415 g/mol. The zero-order valence-corrected chi connectivity index (χ0v) is 17.4. The van der Waals surface area contributed by atoms with E-state index in [1.165, 1.54) is 0 Å². The van der Waals surface area contributed by atoms with Crippen molar-refractivity contribution < 1.29 is 14.3 Å². The zero-order chi connectivity index (χ0) is 20.2. The molecule has 1 unspecified atom stereocenters. The molecule has 154 valence electrons. The smallest absolute Gasteiger partial charge is 0.241 e. The fourth-order valence-electron chi connectivity index (χ4n) is 3.73.